The second kappa shape index (κ2) is 5.23. The number of pyridine rings is 1. The second-order valence-electron chi connectivity index (χ2n) is 3.25. The first-order chi connectivity index (χ1) is 7.77. The Labute approximate surface area is 102 Å². The van der Waals surface area contributed by atoms with E-state index in [-0.39, 0.29) is 0 Å². The normalized spacial score (nSPS) is 12.3. The van der Waals surface area contributed by atoms with Gasteiger partial charge in [-0.05, 0) is 23.8 Å². The number of benzene rings is 1. The Hall–Kier alpha value is -1.19. The molecular weight excluding hydrogens is 242 g/mol. The summed E-state index contributed by atoms with van der Waals surface area (Å²) >= 11 is 6.00. The van der Waals surface area contributed by atoms with Crippen molar-refractivity contribution in [3.05, 3.63) is 59.2 Å². The lowest BCUT2D eigenvalue weighted by atomic mass is 10.2. The molecule has 0 spiro atoms. The molecule has 0 amide bonds. The Bertz CT molecular complexity index is 501. The van der Waals surface area contributed by atoms with Gasteiger partial charge in [-0.1, -0.05) is 35.9 Å². The van der Waals surface area contributed by atoms with Gasteiger partial charge in [-0.25, -0.2) is 4.98 Å². The van der Waals surface area contributed by atoms with Gasteiger partial charge in [0.2, 0.25) is 0 Å². The molecule has 1 heterocycles. The standard InChI is InChI=1S/C12H10ClNOS/c13-11-6-2-1-5-10(11)9-16(15)12-7-3-4-8-14-12/h1-8H,9H2. The Kier molecular flexibility index (Phi) is 3.70. The minimum Gasteiger partial charge on any atom is -0.252 e. The molecule has 0 aliphatic carbocycles. The summed E-state index contributed by atoms with van der Waals surface area (Å²) in [7, 11) is -1.14. The molecule has 1 atom stereocenters. The number of nitrogens with zero attached hydrogens (tertiary/aromatic N) is 1. The molecule has 0 bridgehead atoms. The van der Waals surface area contributed by atoms with Gasteiger partial charge in [0.25, 0.3) is 0 Å². The van der Waals surface area contributed by atoms with E-state index < -0.39 is 10.8 Å². The molecule has 82 valence electrons. The maximum atomic E-state index is 12.0. The molecule has 2 aromatic rings. The van der Waals surface area contributed by atoms with Gasteiger partial charge in [0, 0.05) is 11.2 Å². The summed E-state index contributed by atoms with van der Waals surface area (Å²) in [4.78, 5) is 4.06. The summed E-state index contributed by atoms with van der Waals surface area (Å²) in [6, 6.07) is 12.8. The molecule has 1 aromatic carbocycles. The lowest BCUT2D eigenvalue weighted by molar-refractivity contribution is 0.680. The number of hydrogen-bond acceptors (Lipinski definition) is 2. The fourth-order valence-electron chi connectivity index (χ4n) is 1.31. The van der Waals surface area contributed by atoms with E-state index in [2.05, 4.69) is 4.98 Å². The van der Waals surface area contributed by atoms with Crippen LogP contribution in [-0.2, 0) is 16.6 Å². The average molecular weight is 252 g/mol. The predicted molar refractivity (Wildman–Crippen MR) is 65.8 cm³/mol. The quantitative estimate of drug-likeness (QED) is 0.839. The van der Waals surface area contributed by atoms with Crippen LogP contribution in [0.4, 0.5) is 0 Å². The fraction of sp³-hybridized carbons (Fsp3) is 0.0833. The monoisotopic (exact) mass is 251 g/mol. The Morgan fingerprint density at radius 1 is 1.12 bits per heavy atom. The molecular formula is C12H10ClNOS. The summed E-state index contributed by atoms with van der Waals surface area (Å²) in [6.07, 6.45) is 1.64. The van der Waals surface area contributed by atoms with Gasteiger partial charge in [0.1, 0.15) is 5.03 Å². The number of aromatic nitrogens is 1. The lowest BCUT2D eigenvalue weighted by Gasteiger charge is -2.03. The topological polar surface area (TPSA) is 30.0 Å². The van der Waals surface area contributed by atoms with E-state index >= 15 is 0 Å². The number of halogens is 1. The van der Waals surface area contributed by atoms with Gasteiger partial charge in [-0.2, -0.15) is 0 Å². The van der Waals surface area contributed by atoms with Crippen LogP contribution in [0.2, 0.25) is 5.02 Å². The van der Waals surface area contributed by atoms with Crippen LogP contribution in [0.3, 0.4) is 0 Å². The molecule has 4 heteroatoms. The van der Waals surface area contributed by atoms with Crippen molar-refractivity contribution in [3.8, 4) is 0 Å². The highest BCUT2D eigenvalue weighted by Crippen LogP contribution is 2.18. The van der Waals surface area contributed by atoms with Crippen molar-refractivity contribution >= 4 is 22.4 Å². The highest BCUT2D eigenvalue weighted by molar-refractivity contribution is 7.84. The molecule has 1 unspecified atom stereocenters. The molecule has 0 aliphatic heterocycles. The highest BCUT2D eigenvalue weighted by Gasteiger charge is 2.07. The van der Waals surface area contributed by atoms with Crippen molar-refractivity contribution in [1.82, 2.24) is 4.98 Å². The van der Waals surface area contributed by atoms with Crippen molar-refractivity contribution in [1.29, 1.82) is 0 Å². The van der Waals surface area contributed by atoms with Crippen LogP contribution in [0, 0.1) is 0 Å². The maximum Gasteiger partial charge on any atom is 0.127 e. The van der Waals surface area contributed by atoms with E-state index in [0.29, 0.717) is 15.8 Å². The largest absolute Gasteiger partial charge is 0.252 e. The molecule has 0 aliphatic rings. The summed E-state index contributed by atoms with van der Waals surface area (Å²) in [6.45, 7) is 0. The Morgan fingerprint density at radius 3 is 2.56 bits per heavy atom. The van der Waals surface area contributed by atoms with Gasteiger partial charge in [-0.15, -0.1) is 0 Å². The van der Waals surface area contributed by atoms with Crippen molar-refractivity contribution in [2.45, 2.75) is 10.8 Å². The molecule has 0 N–H and O–H groups in total. The minimum atomic E-state index is -1.14. The van der Waals surface area contributed by atoms with E-state index in [9.17, 15) is 4.21 Å². The first kappa shape index (κ1) is 11.3. The first-order valence-electron chi connectivity index (χ1n) is 4.80. The maximum absolute atomic E-state index is 12.0. The van der Waals surface area contributed by atoms with Gasteiger partial charge >= 0.3 is 0 Å². The first-order valence-corrected chi connectivity index (χ1v) is 6.50. The molecule has 16 heavy (non-hydrogen) atoms. The highest BCUT2D eigenvalue weighted by atomic mass is 35.5. The van der Waals surface area contributed by atoms with Crippen molar-refractivity contribution in [2.24, 2.45) is 0 Å². The summed E-state index contributed by atoms with van der Waals surface area (Å²) < 4.78 is 12.0. The van der Waals surface area contributed by atoms with E-state index in [4.69, 9.17) is 11.6 Å². The molecule has 2 rings (SSSR count). The zero-order valence-electron chi connectivity index (χ0n) is 8.47. The van der Waals surface area contributed by atoms with E-state index in [1.165, 1.54) is 0 Å². The molecule has 0 radical (unpaired) electrons. The third-order valence-electron chi connectivity index (χ3n) is 2.12. The van der Waals surface area contributed by atoms with Crippen LogP contribution in [0.5, 0.6) is 0 Å². The molecule has 0 fully saturated rings. The number of rotatable bonds is 3. The fourth-order valence-corrected chi connectivity index (χ4v) is 2.69. The molecule has 0 saturated carbocycles. The third-order valence-corrected chi connectivity index (χ3v) is 3.77. The van der Waals surface area contributed by atoms with Gasteiger partial charge in [0.15, 0.2) is 0 Å². The summed E-state index contributed by atoms with van der Waals surface area (Å²) in [5.41, 5.74) is 0.883. The molecule has 1 aromatic heterocycles. The van der Waals surface area contributed by atoms with E-state index in [1.807, 2.05) is 24.3 Å². The van der Waals surface area contributed by atoms with Crippen LogP contribution in [0.15, 0.2) is 53.7 Å². The van der Waals surface area contributed by atoms with Crippen LogP contribution >= 0.6 is 11.6 Å². The van der Waals surface area contributed by atoms with Gasteiger partial charge < -0.3 is 0 Å². The molecule has 2 nitrogen and oxygen atoms in total. The van der Waals surface area contributed by atoms with Crippen LogP contribution in [0.1, 0.15) is 5.56 Å². The van der Waals surface area contributed by atoms with Crippen LogP contribution in [0.25, 0.3) is 0 Å². The predicted octanol–water partition coefficient (Wildman–Crippen LogP) is 3.04. The van der Waals surface area contributed by atoms with Crippen LogP contribution < -0.4 is 0 Å². The van der Waals surface area contributed by atoms with E-state index in [0.717, 1.165) is 5.56 Å². The van der Waals surface area contributed by atoms with Crippen molar-refractivity contribution in [3.63, 3.8) is 0 Å². The minimum absolute atomic E-state index is 0.399. The van der Waals surface area contributed by atoms with Gasteiger partial charge in [-0.3, -0.25) is 4.21 Å². The third kappa shape index (κ3) is 2.68. The number of hydrogen-bond donors (Lipinski definition) is 0. The second-order valence-corrected chi connectivity index (χ2v) is 5.05. The Balaban J connectivity index is 2.18. The van der Waals surface area contributed by atoms with Crippen molar-refractivity contribution in [2.75, 3.05) is 0 Å². The van der Waals surface area contributed by atoms with Crippen molar-refractivity contribution < 1.29 is 4.21 Å². The Morgan fingerprint density at radius 2 is 1.88 bits per heavy atom. The SMILES string of the molecule is O=S(Cc1ccccc1Cl)c1ccccn1. The lowest BCUT2D eigenvalue weighted by Crippen LogP contribution is -1.98. The van der Waals surface area contributed by atoms with E-state index in [1.54, 1.807) is 24.4 Å². The smallest absolute Gasteiger partial charge is 0.127 e. The summed E-state index contributed by atoms with van der Waals surface area (Å²) in [5.74, 6) is 0.399. The average Bonchev–Trinajstić information content (AvgIpc) is 2.33. The zero-order chi connectivity index (χ0) is 11.4. The zero-order valence-corrected chi connectivity index (χ0v) is 10.0. The molecule has 0 saturated heterocycles. The summed E-state index contributed by atoms with van der Waals surface area (Å²) in [5, 5.41) is 1.23. The van der Waals surface area contributed by atoms with Crippen LogP contribution in [-0.4, -0.2) is 9.19 Å². The van der Waals surface area contributed by atoms with Gasteiger partial charge in [0.05, 0.1) is 16.6 Å².